The van der Waals surface area contributed by atoms with Gasteiger partial charge in [-0.2, -0.15) is 0 Å². The number of nitrogens with zero attached hydrogens (tertiary/aromatic N) is 3. The minimum Gasteiger partial charge on any atom is -0.411 e. The van der Waals surface area contributed by atoms with Gasteiger partial charge in [0.25, 0.3) is 5.89 Å². The van der Waals surface area contributed by atoms with Gasteiger partial charge in [-0.25, -0.2) is 13.1 Å². The molecule has 28 heavy (non-hydrogen) atoms. The third-order valence-corrected chi connectivity index (χ3v) is 7.96. The van der Waals surface area contributed by atoms with Crippen LogP contribution in [-0.4, -0.2) is 42.5 Å². The minimum absolute atomic E-state index is 0.0665. The van der Waals surface area contributed by atoms with Crippen LogP contribution in [0.25, 0.3) is 10.8 Å². The maximum Gasteiger partial charge on any atom is 0.311 e. The fourth-order valence-electron chi connectivity index (χ4n) is 2.96. The van der Waals surface area contributed by atoms with Gasteiger partial charge in [-0.1, -0.05) is 6.07 Å². The number of hydrogen-bond acceptors (Lipinski definition) is 8. The molecule has 1 N–H and O–H groups in total. The van der Waals surface area contributed by atoms with Gasteiger partial charge in [-0.3, -0.25) is 4.79 Å². The smallest absolute Gasteiger partial charge is 0.311 e. The van der Waals surface area contributed by atoms with Gasteiger partial charge >= 0.3 is 11.8 Å². The molecule has 0 unspecified atom stereocenters. The number of aromatic nitrogens is 2. The van der Waals surface area contributed by atoms with Crippen LogP contribution in [0.2, 0.25) is 0 Å². The summed E-state index contributed by atoms with van der Waals surface area (Å²) in [5.74, 6) is -0.200. The van der Waals surface area contributed by atoms with Crippen molar-refractivity contribution in [2.45, 2.75) is 31.2 Å². The summed E-state index contributed by atoms with van der Waals surface area (Å²) >= 11 is 2.72. The van der Waals surface area contributed by atoms with Crippen molar-refractivity contribution < 1.29 is 17.6 Å². The summed E-state index contributed by atoms with van der Waals surface area (Å²) in [5.41, 5.74) is 0. The number of amides is 1. The number of sulfonamides is 1. The molecule has 1 fully saturated rings. The second-order valence-electron chi connectivity index (χ2n) is 6.35. The number of aryl methyl sites for hydroxylation is 1. The predicted octanol–water partition coefficient (Wildman–Crippen LogP) is 2.88. The average Bonchev–Trinajstić information content (AvgIpc) is 3.47. The molecule has 4 heterocycles. The van der Waals surface area contributed by atoms with Crippen molar-refractivity contribution in [1.82, 2.24) is 19.8 Å². The number of hydrogen-bond donors (Lipinski definition) is 1. The van der Waals surface area contributed by atoms with Gasteiger partial charge in [0.15, 0.2) is 0 Å². The average molecular weight is 439 g/mol. The number of nitrogens with one attached hydrogen (secondary N) is 1. The van der Waals surface area contributed by atoms with Crippen molar-refractivity contribution in [3.8, 4) is 10.8 Å². The number of carbonyl (C=O) groups is 1. The highest BCUT2D eigenvalue weighted by atomic mass is 32.2. The van der Waals surface area contributed by atoms with Gasteiger partial charge in [-0.05, 0) is 37.3 Å². The summed E-state index contributed by atoms with van der Waals surface area (Å²) in [6.45, 7) is 3.33. The lowest BCUT2D eigenvalue weighted by molar-refractivity contribution is 0.0754. The number of rotatable bonds is 6. The summed E-state index contributed by atoms with van der Waals surface area (Å²) in [7, 11) is -3.67. The molecular weight excluding hydrogens is 420 g/mol. The van der Waals surface area contributed by atoms with Crippen LogP contribution in [0.1, 0.15) is 33.3 Å². The predicted molar refractivity (Wildman–Crippen MR) is 106 cm³/mol. The number of thiophene rings is 2. The first-order chi connectivity index (χ1) is 13.4. The van der Waals surface area contributed by atoms with Crippen LogP contribution >= 0.6 is 22.7 Å². The summed E-state index contributed by atoms with van der Waals surface area (Å²) < 4.78 is 33.4. The van der Waals surface area contributed by atoms with Gasteiger partial charge in [-0.15, -0.1) is 32.9 Å². The van der Waals surface area contributed by atoms with E-state index in [9.17, 15) is 13.2 Å². The number of likely N-dealkylation sites (tertiary alicyclic amines) is 1. The fourth-order valence-corrected chi connectivity index (χ4v) is 6.21. The lowest BCUT2D eigenvalue weighted by atomic mass is 10.4. The van der Waals surface area contributed by atoms with E-state index >= 15 is 0 Å². The largest absolute Gasteiger partial charge is 0.411 e. The second-order valence-corrected chi connectivity index (χ2v) is 10.4. The Bertz CT molecular complexity index is 1080. The van der Waals surface area contributed by atoms with Gasteiger partial charge in [0, 0.05) is 29.4 Å². The first-order valence-corrected chi connectivity index (χ1v) is 11.9. The van der Waals surface area contributed by atoms with E-state index in [4.69, 9.17) is 4.42 Å². The summed E-state index contributed by atoms with van der Waals surface area (Å²) in [6, 6.07) is 5.25. The molecule has 0 spiro atoms. The quantitative estimate of drug-likeness (QED) is 0.634. The zero-order chi connectivity index (χ0) is 19.7. The maximum absolute atomic E-state index is 12.7. The summed E-state index contributed by atoms with van der Waals surface area (Å²) in [4.78, 5) is 16.3. The molecular formula is C17H18N4O4S3. The molecule has 3 aromatic heterocycles. The van der Waals surface area contributed by atoms with E-state index in [-0.39, 0.29) is 29.1 Å². The Morgan fingerprint density at radius 2 is 2.11 bits per heavy atom. The molecule has 0 bridgehead atoms. The van der Waals surface area contributed by atoms with Crippen LogP contribution in [0.5, 0.6) is 0 Å². The highest BCUT2D eigenvalue weighted by molar-refractivity contribution is 7.89. The summed E-state index contributed by atoms with van der Waals surface area (Å²) in [6.07, 6.45) is 1.94. The van der Waals surface area contributed by atoms with Crippen molar-refractivity contribution in [1.29, 1.82) is 0 Å². The summed E-state index contributed by atoms with van der Waals surface area (Å²) in [5, 5.41) is 9.68. The molecule has 1 aliphatic rings. The molecule has 1 amide bonds. The van der Waals surface area contributed by atoms with Crippen molar-refractivity contribution in [3.63, 3.8) is 0 Å². The SMILES string of the molecule is Cc1sc(-c2nnc(C(=O)N3CCCC3)o2)cc1S(=O)(=O)NCc1cccs1. The normalized spacial score (nSPS) is 14.7. The van der Waals surface area contributed by atoms with Gasteiger partial charge in [0.2, 0.25) is 10.0 Å². The monoisotopic (exact) mass is 438 g/mol. The van der Waals surface area contributed by atoms with Crippen LogP contribution < -0.4 is 4.72 Å². The first-order valence-electron chi connectivity index (χ1n) is 8.70. The Morgan fingerprint density at radius 1 is 1.32 bits per heavy atom. The Kier molecular flexibility index (Phi) is 5.32. The van der Waals surface area contributed by atoms with E-state index in [1.807, 2.05) is 17.5 Å². The Hall–Kier alpha value is -2.08. The standard InChI is InChI=1S/C17H18N4O4S3/c1-11-14(28(23,24)18-10-12-5-4-8-26-12)9-13(27-11)15-19-20-16(25-15)17(22)21-6-2-3-7-21/h4-5,8-9,18H,2-3,6-7,10H2,1H3. The zero-order valence-corrected chi connectivity index (χ0v) is 17.5. The van der Waals surface area contributed by atoms with Crippen molar-refractivity contribution in [2.24, 2.45) is 0 Å². The zero-order valence-electron chi connectivity index (χ0n) is 15.0. The highest BCUT2D eigenvalue weighted by Gasteiger charge is 2.26. The third kappa shape index (κ3) is 3.88. The molecule has 8 nitrogen and oxygen atoms in total. The molecule has 1 aliphatic heterocycles. The van der Waals surface area contributed by atoms with E-state index in [2.05, 4.69) is 14.9 Å². The third-order valence-electron chi connectivity index (χ3n) is 4.39. The molecule has 0 aliphatic carbocycles. The lowest BCUT2D eigenvalue weighted by Gasteiger charge is -2.11. The Morgan fingerprint density at radius 3 is 2.82 bits per heavy atom. The molecule has 11 heteroatoms. The molecule has 4 rings (SSSR count). The molecule has 0 aromatic carbocycles. The maximum atomic E-state index is 12.7. The minimum atomic E-state index is -3.67. The Labute approximate surface area is 170 Å². The lowest BCUT2D eigenvalue weighted by Crippen LogP contribution is -2.27. The molecule has 0 saturated carbocycles. The van der Waals surface area contributed by atoms with E-state index < -0.39 is 10.0 Å². The van der Waals surface area contributed by atoms with Crippen LogP contribution in [0, 0.1) is 6.92 Å². The van der Waals surface area contributed by atoms with Gasteiger partial charge in [0.1, 0.15) is 0 Å². The van der Waals surface area contributed by atoms with Gasteiger partial charge in [0.05, 0.1) is 9.77 Å². The Balaban J connectivity index is 1.53. The number of carbonyl (C=O) groups excluding carboxylic acids is 1. The molecule has 148 valence electrons. The van der Waals surface area contributed by atoms with E-state index in [0.717, 1.165) is 17.7 Å². The molecule has 0 radical (unpaired) electrons. The van der Waals surface area contributed by atoms with E-state index in [0.29, 0.717) is 22.8 Å². The van der Waals surface area contributed by atoms with Crippen LogP contribution in [0.15, 0.2) is 32.9 Å². The van der Waals surface area contributed by atoms with Gasteiger partial charge < -0.3 is 9.32 Å². The molecule has 1 saturated heterocycles. The van der Waals surface area contributed by atoms with Crippen molar-refractivity contribution in [3.05, 3.63) is 39.2 Å². The van der Waals surface area contributed by atoms with E-state index in [1.54, 1.807) is 11.8 Å². The van der Waals surface area contributed by atoms with Crippen LogP contribution in [-0.2, 0) is 16.6 Å². The van der Waals surface area contributed by atoms with Crippen LogP contribution in [0.3, 0.4) is 0 Å². The fraction of sp³-hybridized carbons (Fsp3) is 0.353. The van der Waals surface area contributed by atoms with E-state index in [1.165, 1.54) is 28.7 Å². The topological polar surface area (TPSA) is 105 Å². The highest BCUT2D eigenvalue weighted by Crippen LogP contribution is 2.33. The first kappa shape index (κ1) is 19.2. The molecule has 3 aromatic rings. The van der Waals surface area contributed by atoms with Crippen molar-refractivity contribution in [2.75, 3.05) is 13.1 Å². The van der Waals surface area contributed by atoms with Crippen LogP contribution in [0.4, 0.5) is 0 Å². The van der Waals surface area contributed by atoms with Crippen molar-refractivity contribution >= 4 is 38.6 Å². The molecule has 0 atom stereocenters. The second kappa shape index (κ2) is 7.74.